The predicted octanol–water partition coefficient (Wildman–Crippen LogP) is 17.2. The number of rotatable bonds is 7. The molecular weight excluding hydrogens is 763 g/mol. The van der Waals surface area contributed by atoms with Gasteiger partial charge in [0.1, 0.15) is 11.2 Å². The second kappa shape index (κ2) is 14.6. The molecular formula is C61H43NO. The van der Waals surface area contributed by atoms with E-state index in [1.165, 1.54) is 72.0 Å². The molecule has 1 heterocycles. The maximum atomic E-state index is 6.30. The van der Waals surface area contributed by atoms with E-state index in [-0.39, 0.29) is 5.41 Å². The average molecular weight is 806 g/mol. The minimum atomic E-state index is -0.225. The first-order valence-electron chi connectivity index (χ1n) is 21.8. The summed E-state index contributed by atoms with van der Waals surface area (Å²) in [6.45, 7) is 4.74. The van der Waals surface area contributed by atoms with Crippen LogP contribution in [0.15, 0.2) is 229 Å². The zero-order chi connectivity index (χ0) is 42.1. The van der Waals surface area contributed by atoms with E-state index in [1.807, 2.05) is 12.1 Å². The van der Waals surface area contributed by atoms with Crippen LogP contribution in [0.3, 0.4) is 0 Å². The quantitative estimate of drug-likeness (QED) is 0.160. The van der Waals surface area contributed by atoms with Crippen LogP contribution in [0.2, 0.25) is 0 Å². The number of furan rings is 1. The molecule has 0 saturated carbocycles. The Hall–Kier alpha value is -7.94. The van der Waals surface area contributed by atoms with E-state index in [4.69, 9.17) is 4.42 Å². The van der Waals surface area contributed by atoms with E-state index in [2.05, 4.69) is 231 Å². The number of nitrogens with zero attached hydrogens (tertiary/aromatic N) is 1. The third-order valence-electron chi connectivity index (χ3n) is 13.3. The average Bonchev–Trinajstić information content (AvgIpc) is 3.83. The zero-order valence-electron chi connectivity index (χ0n) is 35.2. The zero-order valence-corrected chi connectivity index (χ0v) is 35.2. The minimum Gasteiger partial charge on any atom is -0.456 e. The second-order valence-corrected chi connectivity index (χ2v) is 17.3. The number of hydrogen-bond acceptors (Lipinski definition) is 2. The fourth-order valence-corrected chi connectivity index (χ4v) is 9.98. The summed E-state index contributed by atoms with van der Waals surface area (Å²) in [7, 11) is 0. The fraction of sp³-hybridized carbons (Fsp3) is 0.0492. The van der Waals surface area contributed by atoms with Crippen LogP contribution < -0.4 is 4.90 Å². The van der Waals surface area contributed by atoms with Gasteiger partial charge in [0.25, 0.3) is 0 Å². The summed E-state index contributed by atoms with van der Waals surface area (Å²) in [6.07, 6.45) is 0. The molecule has 12 rings (SSSR count). The largest absolute Gasteiger partial charge is 0.456 e. The van der Waals surface area contributed by atoms with Crippen molar-refractivity contribution < 1.29 is 4.42 Å². The number of hydrogen-bond donors (Lipinski definition) is 0. The van der Waals surface area contributed by atoms with E-state index in [0.29, 0.717) is 0 Å². The van der Waals surface area contributed by atoms with E-state index in [0.717, 1.165) is 44.6 Å². The van der Waals surface area contributed by atoms with Gasteiger partial charge in [-0.15, -0.1) is 0 Å². The molecule has 0 bridgehead atoms. The van der Waals surface area contributed by atoms with Gasteiger partial charge >= 0.3 is 0 Å². The summed E-state index contributed by atoms with van der Waals surface area (Å²) in [5.41, 5.74) is 19.8. The van der Waals surface area contributed by atoms with E-state index < -0.39 is 0 Å². The summed E-state index contributed by atoms with van der Waals surface area (Å²) in [5.74, 6) is 0. The number of benzene rings is 10. The van der Waals surface area contributed by atoms with Crippen LogP contribution in [-0.2, 0) is 5.41 Å². The van der Waals surface area contributed by atoms with Crippen molar-refractivity contribution in [1.82, 2.24) is 0 Å². The summed E-state index contributed by atoms with van der Waals surface area (Å²) < 4.78 is 6.30. The maximum Gasteiger partial charge on any atom is 0.136 e. The Bertz CT molecular complexity index is 3520. The Morgan fingerprint density at radius 3 is 1.60 bits per heavy atom. The Labute approximate surface area is 368 Å². The molecule has 0 aliphatic heterocycles. The van der Waals surface area contributed by atoms with Gasteiger partial charge < -0.3 is 9.32 Å². The van der Waals surface area contributed by atoms with Gasteiger partial charge in [-0.3, -0.25) is 0 Å². The van der Waals surface area contributed by atoms with Crippen molar-refractivity contribution in [2.75, 3.05) is 4.90 Å². The van der Waals surface area contributed by atoms with Gasteiger partial charge in [-0.1, -0.05) is 172 Å². The Balaban J connectivity index is 0.930. The molecule has 0 unspecified atom stereocenters. The van der Waals surface area contributed by atoms with E-state index in [9.17, 15) is 0 Å². The van der Waals surface area contributed by atoms with Crippen molar-refractivity contribution in [2.45, 2.75) is 19.3 Å². The number of anilines is 3. The standard InChI is InChI=1S/C61H43NO/c1-61(2)57-37-46(47-27-34-56-55-19-8-9-21-59(55)63-60(56)38-47)26-33-53(57)54-35-32-50(39-58(54)61)62(49-30-24-43(25-31-49)52-20-11-15-42-14-6-7-18-51(42)52)48-28-22-41(23-29-48)45-17-10-16-44(36-45)40-12-4-3-5-13-40/h3-39H,1-2H3. The SMILES string of the molecule is CC1(C)c2cc(-c3ccc4c(c3)oc3ccccc34)ccc2-c2ccc(N(c3ccc(-c4cccc(-c5ccccc5)c4)cc3)c3ccc(-c4cccc5ccccc45)cc3)cc21. The van der Waals surface area contributed by atoms with Crippen molar-refractivity contribution in [3.8, 4) is 55.6 Å². The molecule has 63 heavy (non-hydrogen) atoms. The molecule has 0 radical (unpaired) electrons. The third kappa shape index (κ3) is 6.25. The summed E-state index contributed by atoms with van der Waals surface area (Å²) in [6, 6.07) is 81.7. The lowest BCUT2D eigenvalue weighted by Crippen LogP contribution is -2.16. The molecule has 0 spiro atoms. The molecule has 0 fully saturated rings. The molecule has 1 aliphatic rings. The first-order valence-corrected chi connectivity index (χ1v) is 21.8. The maximum absolute atomic E-state index is 6.30. The first kappa shape index (κ1) is 36.9. The van der Waals surface area contributed by atoms with Crippen molar-refractivity contribution in [3.05, 3.63) is 236 Å². The Kier molecular flexibility index (Phi) is 8.55. The molecule has 0 amide bonds. The first-order chi connectivity index (χ1) is 31.0. The predicted molar refractivity (Wildman–Crippen MR) is 265 cm³/mol. The number of para-hydroxylation sites is 1. The fourth-order valence-electron chi connectivity index (χ4n) is 9.98. The number of fused-ring (bicyclic) bond motifs is 7. The van der Waals surface area contributed by atoms with Crippen molar-refractivity contribution >= 4 is 49.8 Å². The smallest absolute Gasteiger partial charge is 0.136 e. The van der Waals surface area contributed by atoms with Crippen LogP contribution in [-0.4, -0.2) is 0 Å². The molecule has 1 aromatic heterocycles. The summed E-state index contributed by atoms with van der Waals surface area (Å²) >= 11 is 0. The Morgan fingerprint density at radius 1 is 0.317 bits per heavy atom. The van der Waals surface area contributed by atoms with Crippen molar-refractivity contribution in [2.24, 2.45) is 0 Å². The normalized spacial score (nSPS) is 12.7. The van der Waals surface area contributed by atoms with Gasteiger partial charge in [0.05, 0.1) is 0 Å². The van der Waals surface area contributed by atoms with Gasteiger partial charge in [0.2, 0.25) is 0 Å². The van der Waals surface area contributed by atoms with Gasteiger partial charge in [-0.25, -0.2) is 0 Å². The highest BCUT2D eigenvalue weighted by molar-refractivity contribution is 6.06. The van der Waals surface area contributed by atoms with Crippen LogP contribution in [0.4, 0.5) is 17.1 Å². The Morgan fingerprint density at radius 2 is 0.825 bits per heavy atom. The van der Waals surface area contributed by atoms with Crippen LogP contribution in [0, 0.1) is 0 Å². The molecule has 11 aromatic rings. The molecule has 0 atom stereocenters. The molecule has 1 aliphatic carbocycles. The van der Waals surface area contributed by atoms with Crippen LogP contribution in [0.5, 0.6) is 0 Å². The highest BCUT2D eigenvalue weighted by Gasteiger charge is 2.36. The molecule has 0 N–H and O–H groups in total. The van der Waals surface area contributed by atoms with Crippen molar-refractivity contribution in [1.29, 1.82) is 0 Å². The van der Waals surface area contributed by atoms with Crippen LogP contribution in [0.25, 0.3) is 88.3 Å². The lowest BCUT2D eigenvalue weighted by Gasteiger charge is -2.28. The van der Waals surface area contributed by atoms with Gasteiger partial charge in [0, 0.05) is 33.2 Å². The monoisotopic (exact) mass is 805 g/mol. The van der Waals surface area contributed by atoms with Crippen LogP contribution in [0.1, 0.15) is 25.0 Å². The topological polar surface area (TPSA) is 16.4 Å². The third-order valence-corrected chi connectivity index (χ3v) is 13.3. The van der Waals surface area contributed by atoms with Crippen molar-refractivity contribution in [3.63, 3.8) is 0 Å². The minimum absolute atomic E-state index is 0.225. The molecule has 298 valence electrons. The summed E-state index contributed by atoms with van der Waals surface area (Å²) in [5, 5.41) is 4.81. The highest BCUT2D eigenvalue weighted by atomic mass is 16.3. The lowest BCUT2D eigenvalue weighted by atomic mass is 9.81. The highest BCUT2D eigenvalue weighted by Crippen LogP contribution is 2.52. The lowest BCUT2D eigenvalue weighted by molar-refractivity contribution is 0.660. The second-order valence-electron chi connectivity index (χ2n) is 17.3. The van der Waals surface area contributed by atoms with Gasteiger partial charge in [-0.2, -0.15) is 0 Å². The molecule has 10 aromatic carbocycles. The molecule has 2 nitrogen and oxygen atoms in total. The van der Waals surface area contributed by atoms with Gasteiger partial charge in [0.15, 0.2) is 0 Å². The van der Waals surface area contributed by atoms with Crippen LogP contribution >= 0.6 is 0 Å². The molecule has 0 saturated heterocycles. The summed E-state index contributed by atoms with van der Waals surface area (Å²) in [4.78, 5) is 2.41. The van der Waals surface area contributed by atoms with E-state index in [1.54, 1.807) is 0 Å². The van der Waals surface area contributed by atoms with Gasteiger partial charge in [-0.05, 0) is 144 Å². The van der Waals surface area contributed by atoms with E-state index >= 15 is 0 Å². The molecule has 2 heteroatoms.